The Labute approximate surface area is 109 Å². The number of rotatable bonds is 3. The van der Waals surface area contributed by atoms with Crippen molar-refractivity contribution in [2.75, 3.05) is 11.4 Å². The summed E-state index contributed by atoms with van der Waals surface area (Å²) in [5.41, 5.74) is 2.50. The van der Waals surface area contributed by atoms with Crippen molar-refractivity contribution in [1.82, 2.24) is 0 Å². The number of anilines is 1. The van der Waals surface area contributed by atoms with Gasteiger partial charge in [-0.1, -0.05) is 18.2 Å². The number of esters is 1. The van der Waals surface area contributed by atoms with Gasteiger partial charge in [-0.2, -0.15) is 0 Å². The van der Waals surface area contributed by atoms with E-state index >= 15 is 0 Å². The molecule has 0 N–H and O–H groups in total. The van der Waals surface area contributed by atoms with Gasteiger partial charge in [0.2, 0.25) is 0 Å². The van der Waals surface area contributed by atoms with Crippen LogP contribution < -0.4 is 4.90 Å². The summed E-state index contributed by atoms with van der Waals surface area (Å²) in [7, 11) is 0. The van der Waals surface area contributed by atoms with Gasteiger partial charge >= 0.3 is 5.97 Å². The van der Waals surface area contributed by atoms with E-state index in [1.807, 2.05) is 19.9 Å². The van der Waals surface area contributed by atoms with Gasteiger partial charge in [0, 0.05) is 11.7 Å². The molecule has 0 fully saturated rings. The van der Waals surface area contributed by atoms with Crippen LogP contribution in [0.1, 0.15) is 32.8 Å². The number of hydrogen-bond acceptors (Lipinski definition) is 3. The third-order valence-electron chi connectivity index (χ3n) is 3.33. The molecule has 1 aromatic rings. The standard InChI is InChI=1S/C15H21NO2/c1-11(2)18-15(17)10-16-12(3)8-9-13-6-4-5-7-14(13)16/h4-7,11-12H,8-10H2,1-3H3. The van der Waals surface area contributed by atoms with E-state index in [1.165, 1.54) is 11.3 Å². The first-order valence-electron chi connectivity index (χ1n) is 6.62. The maximum Gasteiger partial charge on any atom is 0.325 e. The molecule has 3 heteroatoms. The van der Waals surface area contributed by atoms with Crippen molar-refractivity contribution >= 4 is 11.7 Å². The Morgan fingerprint density at radius 3 is 2.89 bits per heavy atom. The molecule has 0 saturated heterocycles. The first-order chi connectivity index (χ1) is 8.58. The minimum absolute atomic E-state index is 0.0483. The molecule has 0 spiro atoms. The Hall–Kier alpha value is -1.51. The number of nitrogens with zero attached hydrogens (tertiary/aromatic N) is 1. The van der Waals surface area contributed by atoms with Crippen LogP contribution in [0.4, 0.5) is 5.69 Å². The second-order valence-electron chi connectivity index (χ2n) is 5.18. The number of carbonyl (C=O) groups is 1. The number of aryl methyl sites for hydroxylation is 1. The van der Waals surface area contributed by atoms with Gasteiger partial charge in [0.15, 0.2) is 0 Å². The monoisotopic (exact) mass is 247 g/mol. The summed E-state index contributed by atoms with van der Waals surface area (Å²) in [5.74, 6) is -0.145. The van der Waals surface area contributed by atoms with Crippen molar-refractivity contribution in [3.05, 3.63) is 29.8 Å². The SMILES string of the molecule is CC(C)OC(=O)CN1c2ccccc2CCC1C. The Morgan fingerprint density at radius 1 is 1.44 bits per heavy atom. The molecule has 1 aliphatic heterocycles. The highest BCUT2D eigenvalue weighted by Crippen LogP contribution is 2.30. The highest BCUT2D eigenvalue weighted by atomic mass is 16.5. The average Bonchev–Trinajstić information content (AvgIpc) is 2.32. The molecule has 1 unspecified atom stereocenters. The molecule has 2 rings (SSSR count). The number of ether oxygens (including phenoxy) is 1. The molecular weight excluding hydrogens is 226 g/mol. The largest absolute Gasteiger partial charge is 0.462 e. The first kappa shape index (κ1) is 12.9. The number of benzene rings is 1. The van der Waals surface area contributed by atoms with E-state index in [-0.39, 0.29) is 12.1 Å². The number of hydrogen-bond donors (Lipinski definition) is 0. The maximum atomic E-state index is 11.8. The Balaban J connectivity index is 2.14. The van der Waals surface area contributed by atoms with E-state index in [1.54, 1.807) is 0 Å². The summed E-state index contributed by atoms with van der Waals surface area (Å²) in [6, 6.07) is 8.70. The van der Waals surface area contributed by atoms with E-state index in [4.69, 9.17) is 4.74 Å². The summed E-state index contributed by atoms with van der Waals surface area (Å²) in [5, 5.41) is 0. The van der Waals surface area contributed by atoms with E-state index in [0.717, 1.165) is 12.8 Å². The van der Waals surface area contributed by atoms with Crippen LogP contribution >= 0.6 is 0 Å². The zero-order valence-electron chi connectivity index (χ0n) is 11.3. The molecule has 1 aromatic carbocycles. The molecule has 0 amide bonds. The topological polar surface area (TPSA) is 29.5 Å². The minimum atomic E-state index is -0.145. The van der Waals surface area contributed by atoms with Crippen LogP contribution in [0, 0.1) is 0 Å². The zero-order valence-corrected chi connectivity index (χ0v) is 11.3. The van der Waals surface area contributed by atoms with Crippen molar-refractivity contribution in [3.63, 3.8) is 0 Å². The number of fused-ring (bicyclic) bond motifs is 1. The third kappa shape index (κ3) is 2.84. The van der Waals surface area contributed by atoms with E-state index in [2.05, 4.69) is 30.0 Å². The smallest absolute Gasteiger partial charge is 0.325 e. The fourth-order valence-corrected chi connectivity index (χ4v) is 2.44. The van der Waals surface area contributed by atoms with Crippen LogP contribution in [0.2, 0.25) is 0 Å². The van der Waals surface area contributed by atoms with Gasteiger partial charge in [0.1, 0.15) is 6.54 Å². The van der Waals surface area contributed by atoms with Gasteiger partial charge in [-0.3, -0.25) is 4.79 Å². The molecule has 1 heterocycles. The van der Waals surface area contributed by atoms with Crippen molar-refractivity contribution < 1.29 is 9.53 Å². The van der Waals surface area contributed by atoms with Crippen LogP contribution in [0.25, 0.3) is 0 Å². The Kier molecular flexibility index (Phi) is 3.90. The van der Waals surface area contributed by atoms with E-state index in [0.29, 0.717) is 12.6 Å². The molecular formula is C15H21NO2. The number of carbonyl (C=O) groups excluding carboxylic acids is 1. The highest BCUT2D eigenvalue weighted by molar-refractivity contribution is 5.77. The quantitative estimate of drug-likeness (QED) is 0.769. The van der Waals surface area contributed by atoms with E-state index < -0.39 is 0 Å². The van der Waals surface area contributed by atoms with Crippen molar-refractivity contribution in [2.24, 2.45) is 0 Å². The van der Waals surface area contributed by atoms with Crippen molar-refractivity contribution in [2.45, 2.75) is 45.8 Å². The van der Waals surface area contributed by atoms with Crippen LogP contribution in [-0.2, 0) is 16.0 Å². The highest BCUT2D eigenvalue weighted by Gasteiger charge is 2.25. The Morgan fingerprint density at radius 2 is 2.17 bits per heavy atom. The molecule has 0 radical (unpaired) electrons. The molecule has 98 valence electrons. The first-order valence-corrected chi connectivity index (χ1v) is 6.62. The summed E-state index contributed by atoms with van der Waals surface area (Å²) in [6.07, 6.45) is 2.13. The average molecular weight is 247 g/mol. The fourth-order valence-electron chi connectivity index (χ4n) is 2.44. The lowest BCUT2D eigenvalue weighted by atomic mass is 9.97. The lowest BCUT2D eigenvalue weighted by Crippen LogP contribution is -2.41. The summed E-state index contributed by atoms with van der Waals surface area (Å²) in [6.45, 7) is 6.27. The van der Waals surface area contributed by atoms with Crippen molar-refractivity contribution in [1.29, 1.82) is 0 Å². The third-order valence-corrected chi connectivity index (χ3v) is 3.33. The van der Waals surface area contributed by atoms with Gasteiger partial charge < -0.3 is 9.64 Å². The second kappa shape index (κ2) is 5.42. The second-order valence-corrected chi connectivity index (χ2v) is 5.18. The molecule has 0 aromatic heterocycles. The van der Waals surface area contributed by atoms with Gasteiger partial charge in [-0.25, -0.2) is 0 Å². The van der Waals surface area contributed by atoms with Crippen LogP contribution in [0.5, 0.6) is 0 Å². The Bertz CT molecular complexity index is 428. The minimum Gasteiger partial charge on any atom is -0.462 e. The lowest BCUT2D eigenvalue weighted by molar-refractivity contribution is -0.145. The molecule has 0 saturated carbocycles. The molecule has 3 nitrogen and oxygen atoms in total. The summed E-state index contributed by atoms with van der Waals surface area (Å²) < 4.78 is 5.24. The van der Waals surface area contributed by atoms with Crippen molar-refractivity contribution in [3.8, 4) is 0 Å². The lowest BCUT2D eigenvalue weighted by Gasteiger charge is -2.36. The summed E-state index contributed by atoms with van der Waals surface area (Å²) in [4.78, 5) is 14.0. The van der Waals surface area contributed by atoms with Gasteiger partial charge in [-0.05, 0) is 45.2 Å². The predicted molar refractivity (Wildman–Crippen MR) is 72.8 cm³/mol. The van der Waals surface area contributed by atoms with Gasteiger partial charge in [-0.15, -0.1) is 0 Å². The molecule has 1 aliphatic rings. The zero-order chi connectivity index (χ0) is 13.1. The van der Waals surface area contributed by atoms with Crippen LogP contribution in [0.3, 0.4) is 0 Å². The van der Waals surface area contributed by atoms with Gasteiger partial charge in [0.05, 0.1) is 6.10 Å². The molecule has 1 atom stereocenters. The van der Waals surface area contributed by atoms with Crippen LogP contribution in [0.15, 0.2) is 24.3 Å². The summed E-state index contributed by atoms with van der Waals surface area (Å²) >= 11 is 0. The van der Waals surface area contributed by atoms with Crippen LogP contribution in [-0.4, -0.2) is 24.7 Å². The van der Waals surface area contributed by atoms with Gasteiger partial charge in [0.25, 0.3) is 0 Å². The fraction of sp³-hybridized carbons (Fsp3) is 0.533. The number of para-hydroxylation sites is 1. The normalized spacial score (nSPS) is 18.7. The molecule has 0 aliphatic carbocycles. The van der Waals surface area contributed by atoms with E-state index in [9.17, 15) is 4.79 Å². The maximum absolute atomic E-state index is 11.8. The predicted octanol–water partition coefficient (Wildman–Crippen LogP) is 2.78. The molecule has 18 heavy (non-hydrogen) atoms. The molecule has 0 bridgehead atoms.